The minimum Gasteiger partial charge on any atom is -0.293 e. The molecule has 0 radical (unpaired) electrons. The molecule has 0 N–H and O–H groups in total. The molecule has 0 aliphatic rings. The van der Waals surface area contributed by atoms with Gasteiger partial charge in [0.25, 0.3) is 0 Å². The molecule has 94 valence electrons. The van der Waals surface area contributed by atoms with Gasteiger partial charge < -0.3 is 0 Å². The van der Waals surface area contributed by atoms with Crippen molar-refractivity contribution in [2.45, 2.75) is 6.92 Å². The second-order valence-corrected chi connectivity index (χ2v) is 5.44. The van der Waals surface area contributed by atoms with Crippen molar-refractivity contribution in [3.8, 4) is 0 Å². The van der Waals surface area contributed by atoms with Gasteiger partial charge in [-0.05, 0) is 42.8 Å². The summed E-state index contributed by atoms with van der Waals surface area (Å²) in [5.41, 5.74) is 4.89. The summed E-state index contributed by atoms with van der Waals surface area (Å²) in [6, 6.07) is 17.3. The first-order valence-corrected chi connectivity index (χ1v) is 6.84. The van der Waals surface area contributed by atoms with Crippen molar-refractivity contribution in [3.05, 3.63) is 60.3 Å². The summed E-state index contributed by atoms with van der Waals surface area (Å²) in [5, 5.41) is 5.18. The third-order valence-electron chi connectivity index (χ3n) is 4.20. The van der Waals surface area contributed by atoms with Crippen LogP contribution in [-0.4, -0.2) is 9.38 Å². The Morgan fingerprint density at radius 3 is 2.50 bits per heavy atom. The lowest BCUT2D eigenvalue weighted by Crippen LogP contribution is -1.82. The summed E-state index contributed by atoms with van der Waals surface area (Å²) in [7, 11) is 0. The van der Waals surface area contributed by atoms with Crippen molar-refractivity contribution in [1.29, 1.82) is 0 Å². The van der Waals surface area contributed by atoms with Crippen molar-refractivity contribution in [2.75, 3.05) is 0 Å². The SMILES string of the molecule is Cc1cc2c3ccccc3n3c4ncccc4c(c1)c23. The van der Waals surface area contributed by atoms with Gasteiger partial charge in [0, 0.05) is 27.7 Å². The number of pyridine rings is 1. The van der Waals surface area contributed by atoms with E-state index < -0.39 is 0 Å². The summed E-state index contributed by atoms with van der Waals surface area (Å²) in [6.07, 6.45) is 1.87. The Hall–Kier alpha value is -2.61. The summed E-state index contributed by atoms with van der Waals surface area (Å²) in [5.74, 6) is 0. The van der Waals surface area contributed by atoms with Gasteiger partial charge in [-0.3, -0.25) is 4.40 Å². The van der Waals surface area contributed by atoms with Crippen LogP contribution in [0.25, 0.3) is 38.2 Å². The standard InChI is InChI=1S/C18H12N2/c1-11-9-14-12-5-2-3-7-16(12)20-17(14)15(10-11)13-6-4-8-19-18(13)20/h2-10H,1H3. The number of rotatable bonds is 0. The van der Waals surface area contributed by atoms with Crippen LogP contribution in [0.3, 0.4) is 0 Å². The molecule has 0 unspecified atom stereocenters. The van der Waals surface area contributed by atoms with E-state index >= 15 is 0 Å². The molecule has 0 saturated heterocycles. The zero-order valence-electron chi connectivity index (χ0n) is 11.1. The number of aromatic nitrogens is 2. The molecule has 0 amide bonds. The molecule has 0 fully saturated rings. The molecule has 2 heteroatoms. The maximum atomic E-state index is 4.61. The topological polar surface area (TPSA) is 17.3 Å². The van der Waals surface area contributed by atoms with E-state index in [1.807, 2.05) is 12.3 Å². The normalized spacial score (nSPS) is 12.2. The van der Waals surface area contributed by atoms with Crippen LogP contribution in [0.1, 0.15) is 5.56 Å². The lowest BCUT2D eigenvalue weighted by Gasteiger charge is -1.97. The summed E-state index contributed by atoms with van der Waals surface area (Å²) >= 11 is 0. The monoisotopic (exact) mass is 256 g/mol. The molecule has 20 heavy (non-hydrogen) atoms. The van der Waals surface area contributed by atoms with Crippen LogP contribution in [0.2, 0.25) is 0 Å². The molecule has 0 atom stereocenters. The predicted octanol–water partition coefficient (Wildman–Crippen LogP) is 4.54. The number of benzene rings is 2. The number of para-hydroxylation sites is 1. The molecule has 5 aromatic rings. The lowest BCUT2D eigenvalue weighted by molar-refractivity contribution is 1.27. The highest BCUT2D eigenvalue weighted by Gasteiger charge is 2.17. The van der Waals surface area contributed by atoms with E-state index in [0.717, 1.165) is 5.65 Å². The molecule has 0 aliphatic carbocycles. The molecule has 2 nitrogen and oxygen atoms in total. The average molecular weight is 256 g/mol. The fourth-order valence-electron chi connectivity index (χ4n) is 3.45. The van der Waals surface area contributed by atoms with Gasteiger partial charge in [-0.15, -0.1) is 0 Å². The van der Waals surface area contributed by atoms with E-state index in [9.17, 15) is 0 Å². The first kappa shape index (κ1) is 10.2. The van der Waals surface area contributed by atoms with Crippen molar-refractivity contribution < 1.29 is 0 Å². The quantitative estimate of drug-likeness (QED) is 0.397. The fourth-order valence-corrected chi connectivity index (χ4v) is 3.45. The van der Waals surface area contributed by atoms with Gasteiger partial charge in [-0.25, -0.2) is 4.98 Å². The summed E-state index contributed by atoms with van der Waals surface area (Å²) in [6.45, 7) is 2.16. The number of hydrogen-bond donors (Lipinski definition) is 0. The Morgan fingerprint density at radius 1 is 0.850 bits per heavy atom. The van der Waals surface area contributed by atoms with Crippen LogP contribution in [0.15, 0.2) is 54.7 Å². The van der Waals surface area contributed by atoms with Crippen molar-refractivity contribution in [2.24, 2.45) is 0 Å². The van der Waals surface area contributed by atoms with Crippen molar-refractivity contribution >= 4 is 38.2 Å². The first-order chi connectivity index (χ1) is 9.84. The van der Waals surface area contributed by atoms with Gasteiger partial charge >= 0.3 is 0 Å². The van der Waals surface area contributed by atoms with Crippen LogP contribution in [0.5, 0.6) is 0 Å². The zero-order valence-corrected chi connectivity index (χ0v) is 11.1. The Morgan fingerprint density at radius 2 is 1.60 bits per heavy atom. The highest BCUT2D eigenvalue weighted by molar-refractivity contribution is 6.22. The van der Waals surface area contributed by atoms with Crippen LogP contribution in [-0.2, 0) is 0 Å². The number of nitrogens with zero attached hydrogens (tertiary/aromatic N) is 2. The first-order valence-electron chi connectivity index (χ1n) is 6.84. The molecule has 0 aliphatic heterocycles. The van der Waals surface area contributed by atoms with Gasteiger partial charge in [0.2, 0.25) is 0 Å². The molecule has 5 rings (SSSR count). The third-order valence-corrected chi connectivity index (χ3v) is 4.20. The van der Waals surface area contributed by atoms with Crippen LogP contribution in [0, 0.1) is 6.92 Å². The lowest BCUT2D eigenvalue weighted by atomic mass is 10.1. The second-order valence-electron chi connectivity index (χ2n) is 5.44. The van der Waals surface area contributed by atoms with E-state index in [1.165, 1.54) is 38.1 Å². The minimum atomic E-state index is 1.05. The largest absolute Gasteiger partial charge is 0.293 e. The Kier molecular flexibility index (Phi) is 1.68. The smallest absolute Gasteiger partial charge is 0.145 e. The van der Waals surface area contributed by atoms with Crippen molar-refractivity contribution in [1.82, 2.24) is 9.38 Å². The van der Waals surface area contributed by atoms with Gasteiger partial charge in [-0.2, -0.15) is 0 Å². The van der Waals surface area contributed by atoms with E-state index in [1.54, 1.807) is 0 Å². The minimum absolute atomic E-state index is 1.05. The number of aryl methyl sites for hydroxylation is 1. The molecule has 3 aromatic heterocycles. The van der Waals surface area contributed by atoms with E-state index in [4.69, 9.17) is 0 Å². The van der Waals surface area contributed by atoms with E-state index in [-0.39, 0.29) is 0 Å². The van der Waals surface area contributed by atoms with Crippen LogP contribution >= 0.6 is 0 Å². The van der Waals surface area contributed by atoms with Gasteiger partial charge in [0.15, 0.2) is 0 Å². The van der Waals surface area contributed by atoms with E-state index in [2.05, 4.69) is 58.8 Å². The maximum Gasteiger partial charge on any atom is 0.145 e. The maximum absolute atomic E-state index is 4.61. The summed E-state index contributed by atoms with van der Waals surface area (Å²) < 4.78 is 2.30. The Labute approximate surface area is 115 Å². The molecular weight excluding hydrogens is 244 g/mol. The predicted molar refractivity (Wildman–Crippen MR) is 83.6 cm³/mol. The van der Waals surface area contributed by atoms with Gasteiger partial charge in [-0.1, -0.05) is 18.2 Å². The average Bonchev–Trinajstić information content (AvgIpc) is 2.98. The zero-order chi connectivity index (χ0) is 13.3. The van der Waals surface area contributed by atoms with Gasteiger partial charge in [0.1, 0.15) is 5.65 Å². The molecule has 0 bridgehead atoms. The van der Waals surface area contributed by atoms with Crippen molar-refractivity contribution in [3.63, 3.8) is 0 Å². The third kappa shape index (κ3) is 1.04. The van der Waals surface area contributed by atoms with Gasteiger partial charge in [0.05, 0.1) is 11.0 Å². The van der Waals surface area contributed by atoms with Crippen LogP contribution < -0.4 is 0 Å². The fraction of sp³-hybridized carbons (Fsp3) is 0.0556. The van der Waals surface area contributed by atoms with E-state index in [0.29, 0.717) is 0 Å². The number of hydrogen-bond acceptors (Lipinski definition) is 1. The highest BCUT2D eigenvalue weighted by Crippen LogP contribution is 2.38. The second kappa shape index (κ2) is 3.28. The molecule has 0 spiro atoms. The highest BCUT2D eigenvalue weighted by atomic mass is 15.0. The van der Waals surface area contributed by atoms with Crippen LogP contribution in [0.4, 0.5) is 0 Å². The number of fused-ring (bicyclic) bond motifs is 6. The molecule has 3 heterocycles. The Bertz CT molecular complexity index is 1020. The summed E-state index contributed by atoms with van der Waals surface area (Å²) in [4.78, 5) is 4.61. The molecular formula is C18H12N2. The molecule has 0 saturated carbocycles. The molecule has 2 aromatic carbocycles. The Balaban J connectivity index is 2.30.